The molecule has 112 valence electrons. The van der Waals surface area contributed by atoms with Crippen molar-refractivity contribution in [1.29, 1.82) is 0 Å². The Balaban J connectivity index is 0.00000180. The predicted octanol–water partition coefficient (Wildman–Crippen LogP) is 1.38. The standard InChI is InChI=1S/C14H27N3O.ClH/c1-14(2,3)16-13(18)9-17-7-10-5-4-6-12(15)11(10)8-17;/h10-12H,4-9,15H2,1-3H3,(H,16,18);1H. The lowest BCUT2D eigenvalue weighted by Gasteiger charge is -2.29. The SMILES string of the molecule is CC(C)(C)NC(=O)CN1CC2CCCC(N)C2C1.Cl. The Hall–Kier alpha value is -0.320. The van der Waals surface area contributed by atoms with E-state index in [1.54, 1.807) is 0 Å². The Kier molecular flexibility index (Phi) is 5.65. The zero-order valence-electron chi connectivity index (χ0n) is 12.3. The first-order valence-electron chi connectivity index (χ1n) is 7.14. The van der Waals surface area contributed by atoms with E-state index in [1.165, 1.54) is 12.8 Å². The summed E-state index contributed by atoms with van der Waals surface area (Å²) in [4.78, 5) is 14.2. The molecule has 3 atom stereocenters. The van der Waals surface area contributed by atoms with E-state index < -0.39 is 0 Å². The van der Waals surface area contributed by atoms with Gasteiger partial charge in [-0.1, -0.05) is 6.42 Å². The number of rotatable bonds is 2. The smallest absolute Gasteiger partial charge is 0.234 e. The van der Waals surface area contributed by atoms with Gasteiger partial charge in [0.2, 0.25) is 5.91 Å². The molecule has 3 unspecified atom stereocenters. The lowest BCUT2D eigenvalue weighted by Crippen LogP contribution is -2.45. The van der Waals surface area contributed by atoms with Gasteiger partial charge in [-0.2, -0.15) is 0 Å². The second-order valence-corrected chi connectivity index (χ2v) is 7.01. The Labute approximate surface area is 122 Å². The van der Waals surface area contributed by atoms with E-state index in [9.17, 15) is 4.79 Å². The fourth-order valence-corrected chi connectivity index (χ4v) is 3.40. The number of nitrogens with one attached hydrogen (secondary N) is 1. The fraction of sp³-hybridized carbons (Fsp3) is 0.929. The van der Waals surface area contributed by atoms with Gasteiger partial charge in [-0.05, 0) is 45.4 Å². The Morgan fingerprint density at radius 1 is 1.32 bits per heavy atom. The molecule has 0 bridgehead atoms. The van der Waals surface area contributed by atoms with Crippen LogP contribution in [0.15, 0.2) is 0 Å². The van der Waals surface area contributed by atoms with Crippen LogP contribution >= 0.6 is 12.4 Å². The third-order valence-corrected chi connectivity index (χ3v) is 4.11. The van der Waals surface area contributed by atoms with Crippen LogP contribution in [0.2, 0.25) is 0 Å². The minimum atomic E-state index is -0.139. The molecule has 19 heavy (non-hydrogen) atoms. The molecule has 2 rings (SSSR count). The molecule has 0 spiro atoms. The highest BCUT2D eigenvalue weighted by Crippen LogP contribution is 2.35. The first kappa shape index (κ1) is 16.7. The largest absolute Gasteiger partial charge is 0.350 e. The van der Waals surface area contributed by atoms with Crippen molar-refractivity contribution in [3.05, 3.63) is 0 Å². The Morgan fingerprint density at radius 3 is 2.58 bits per heavy atom. The van der Waals surface area contributed by atoms with Gasteiger partial charge in [-0.25, -0.2) is 0 Å². The molecular weight excluding hydrogens is 262 g/mol. The minimum absolute atomic E-state index is 0. The molecular formula is C14H28ClN3O. The first-order valence-corrected chi connectivity index (χ1v) is 7.14. The van der Waals surface area contributed by atoms with Crippen LogP contribution < -0.4 is 11.1 Å². The molecule has 0 aromatic heterocycles. The molecule has 4 nitrogen and oxygen atoms in total. The van der Waals surface area contributed by atoms with Crippen molar-refractivity contribution in [2.24, 2.45) is 17.6 Å². The number of carbonyl (C=O) groups is 1. The topological polar surface area (TPSA) is 58.4 Å². The molecule has 2 fully saturated rings. The lowest BCUT2D eigenvalue weighted by molar-refractivity contribution is -0.123. The van der Waals surface area contributed by atoms with E-state index in [2.05, 4.69) is 10.2 Å². The molecule has 5 heteroatoms. The zero-order chi connectivity index (χ0) is 13.3. The van der Waals surface area contributed by atoms with Crippen LogP contribution in [0.5, 0.6) is 0 Å². The van der Waals surface area contributed by atoms with Crippen molar-refractivity contribution in [2.75, 3.05) is 19.6 Å². The van der Waals surface area contributed by atoms with Gasteiger partial charge in [-0.15, -0.1) is 12.4 Å². The zero-order valence-corrected chi connectivity index (χ0v) is 13.1. The molecule has 1 aliphatic heterocycles. The number of amides is 1. The summed E-state index contributed by atoms with van der Waals surface area (Å²) < 4.78 is 0. The number of hydrogen-bond donors (Lipinski definition) is 2. The van der Waals surface area contributed by atoms with Gasteiger partial charge in [0.15, 0.2) is 0 Å². The number of hydrogen-bond acceptors (Lipinski definition) is 3. The van der Waals surface area contributed by atoms with Crippen LogP contribution in [0.1, 0.15) is 40.0 Å². The maximum atomic E-state index is 11.9. The predicted molar refractivity (Wildman–Crippen MR) is 80.4 cm³/mol. The minimum Gasteiger partial charge on any atom is -0.350 e. The van der Waals surface area contributed by atoms with Crippen molar-refractivity contribution >= 4 is 18.3 Å². The highest BCUT2D eigenvalue weighted by molar-refractivity contribution is 5.85. The molecule has 0 aromatic carbocycles. The van der Waals surface area contributed by atoms with Gasteiger partial charge in [0.25, 0.3) is 0 Å². The van der Waals surface area contributed by atoms with Crippen molar-refractivity contribution in [3.63, 3.8) is 0 Å². The van der Waals surface area contributed by atoms with Gasteiger partial charge in [0.05, 0.1) is 6.54 Å². The second kappa shape index (κ2) is 6.42. The van der Waals surface area contributed by atoms with E-state index in [0.717, 1.165) is 25.4 Å². The van der Waals surface area contributed by atoms with Gasteiger partial charge in [-0.3, -0.25) is 9.69 Å². The van der Waals surface area contributed by atoms with E-state index in [1.807, 2.05) is 20.8 Å². The van der Waals surface area contributed by atoms with Crippen LogP contribution in [0.25, 0.3) is 0 Å². The third kappa shape index (κ3) is 4.62. The quantitative estimate of drug-likeness (QED) is 0.807. The van der Waals surface area contributed by atoms with Gasteiger partial charge >= 0.3 is 0 Å². The molecule has 2 aliphatic rings. The molecule has 3 N–H and O–H groups in total. The average Bonchev–Trinajstić information content (AvgIpc) is 2.58. The molecule has 1 aliphatic carbocycles. The summed E-state index contributed by atoms with van der Waals surface area (Å²) in [6.45, 7) is 8.63. The van der Waals surface area contributed by atoms with E-state index in [-0.39, 0.29) is 23.9 Å². The summed E-state index contributed by atoms with van der Waals surface area (Å²) >= 11 is 0. The van der Waals surface area contributed by atoms with Crippen molar-refractivity contribution in [3.8, 4) is 0 Å². The van der Waals surface area contributed by atoms with E-state index >= 15 is 0 Å². The molecule has 1 saturated heterocycles. The lowest BCUT2D eigenvalue weighted by atomic mass is 9.78. The molecule has 0 aromatic rings. The van der Waals surface area contributed by atoms with Crippen LogP contribution in [0, 0.1) is 11.8 Å². The molecule has 0 radical (unpaired) electrons. The van der Waals surface area contributed by atoms with Crippen molar-refractivity contribution in [1.82, 2.24) is 10.2 Å². The van der Waals surface area contributed by atoms with E-state index in [0.29, 0.717) is 18.5 Å². The number of fused-ring (bicyclic) bond motifs is 1. The second-order valence-electron chi connectivity index (χ2n) is 7.01. The maximum Gasteiger partial charge on any atom is 0.234 e. The summed E-state index contributed by atoms with van der Waals surface area (Å²) in [6, 6.07) is 0.347. The van der Waals surface area contributed by atoms with E-state index in [4.69, 9.17) is 5.73 Å². The van der Waals surface area contributed by atoms with Gasteiger partial charge in [0, 0.05) is 24.7 Å². The first-order chi connectivity index (χ1) is 8.35. The summed E-state index contributed by atoms with van der Waals surface area (Å²) in [7, 11) is 0. The monoisotopic (exact) mass is 289 g/mol. The molecule has 1 amide bonds. The summed E-state index contributed by atoms with van der Waals surface area (Å²) in [5.74, 6) is 1.46. The molecule has 1 heterocycles. The highest BCUT2D eigenvalue weighted by atomic mass is 35.5. The van der Waals surface area contributed by atoms with Crippen molar-refractivity contribution in [2.45, 2.75) is 51.6 Å². The van der Waals surface area contributed by atoms with Crippen LogP contribution in [0.3, 0.4) is 0 Å². The number of nitrogens with two attached hydrogens (primary N) is 1. The highest BCUT2D eigenvalue weighted by Gasteiger charge is 2.39. The van der Waals surface area contributed by atoms with Crippen molar-refractivity contribution < 1.29 is 4.79 Å². The third-order valence-electron chi connectivity index (χ3n) is 4.11. The number of nitrogens with zero attached hydrogens (tertiary/aromatic N) is 1. The van der Waals surface area contributed by atoms with Crippen LogP contribution in [-0.2, 0) is 4.79 Å². The van der Waals surface area contributed by atoms with Crippen LogP contribution in [-0.4, -0.2) is 42.0 Å². The number of carbonyl (C=O) groups excluding carboxylic acids is 1. The normalized spacial score (nSPS) is 31.5. The summed E-state index contributed by atoms with van der Waals surface area (Å²) in [6.07, 6.45) is 3.70. The van der Waals surface area contributed by atoms with Gasteiger partial charge < -0.3 is 11.1 Å². The Morgan fingerprint density at radius 2 is 2.00 bits per heavy atom. The van der Waals surface area contributed by atoms with Gasteiger partial charge in [0.1, 0.15) is 0 Å². The summed E-state index contributed by atoms with van der Waals surface area (Å²) in [5, 5.41) is 3.03. The maximum absolute atomic E-state index is 11.9. The number of halogens is 1. The average molecular weight is 290 g/mol. The fourth-order valence-electron chi connectivity index (χ4n) is 3.40. The number of likely N-dealkylation sites (tertiary alicyclic amines) is 1. The van der Waals surface area contributed by atoms with Crippen LogP contribution in [0.4, 0.5) is 0 Å². The molecule has 1 saturated carbocycles. The summed E-state index contributed by atoms with van der Waals surface area (Å²) in [5.41, 5.74) is 6.05. The Bertz CT molecular complexity index is 316.